The van der Waals surface area contributed by atoms with E-state index in [4.69, 9.17) is 14.6 Å². The van der Waals surface area contributed by atoms with Gasteiger partial charge in [-0.15, -0.1) is 0 Å². The van der Waals surface area contributed by atoms with E-state index in [9.17, 15) is 14.0 Å². The van der Waals surface area contributed by atoms with Crippen molar-refractivity contribution in [2.24, 2.45) is 0 Å². The van der Waals surface area contributed by atoms with Crippen LogP contribution in [-0.4, -0.2) is 68.7 Å². The molecule has 0 saturated carbocycles. The second-order valence-corrected chi connectivity index (χ2v) is 6.31. The van der Waals surface area contributed by atoms with Crippen LogP contribution < -0.4 is 15.1 Å². The molecular formula is C17H22FN3O5. The van der Waals surface area contributed by atoms with Gasteiger partial charge in [0.25, 0.3) is 0 Å². The Kier molecular flexibility index (Phi) is 5.58. The van der Waals surface area contributed by atoms with Gasteiger partial charge in [-0.25, -0.2) is 9.18 Å². The predicted molar refractivity (Wildman–Crippen MR) is 91.7 cm³/mol. The fourth-order valence-corrected chi connectivity index (χ4v) is 2.98. The van der Waals surface area contributed by atoms with E-state index in [0.717, 1.165) is 0 Å². The molecule has 2 N–H and O–H groups in total. The molecule has 1 aromatic carbocycles. The summed E-state index contributed by atoms with van der Waals surface area (Å²) in [5.74, 6) is -0.632. The lowest BCUT2D eigenvalue weighted by Gasteiger charge is -2.40. The van der Waals surface area contributed by atoms with Gasteiger partial charge in [-0.2, -0.15) is 0 Å². The highest BCUT2D eigenvalue weighted by Gasteiger charge is 2.34. The first kappa shape index (κ1) is 18.4. The summed E-state index contributed by atoms with van der Waals surface area (Å²) in [5, 5.41) is 11.3. The Hall–Kier alpha value is -2.39. The molecule has 0 aliphatic carbocycles. The topological polar surface area (TPSA) is 91.3 Å². The van der Waals surface area contributed by atoms with Crippen LogP contribution in [0.15, 0.2) is 18.2 Å². The Morgan fingerprint density at radius 3 is 2.85 bits per heavy atom. The van der Waals surface area contributed by atoms with Gasteiger partial charge in [0.05, 0.1) is 43.8 Å². The Labute approximate surface area is 150 Å². The van der Waals surface area contributed by atoms with Gasteiger partial charge in [-0.1, -0.05) is 0 Å². The van der Waals surface area contributed by atoms with Crippen molar-refractivity contribution >= 4 is 23.4 Å². The highest BCUT2D eigenvalue weighted by Crippen LogP contribution is 2.30. The van der Waals surface area contributed by atoms with Gasteiger partial charge >= 0.3 is 6.09 Å². The van der Waals surface area contributed by atoms with Gasteiger partial charge in [-0.3, -0.25) is 9.69 Å². The number of benzene rings is 1. The van der Waals surface area contributed by atoms with E-state index in [-0.39, 0.29) is 38.3 Å². The number of nitrogens with one attached hydrogen (secondary N) is 1. The molecule has 2 aliphatic heterocycles. The van der Waals surface area contributed by atoms with Crippen molar-refractivity contribution in [1.82, 2.24) is 5.32 Å². The maximum absolute atomic E-state index is 14.5. The SMILES string of the molecule is CC(=O)NC[C@H]1CN(c2ccc(N3CC(OCCO)C3)c(F)c2)C(=O)O1. The molecule has 3 rings (SSSR count). The summed E-state index contributed by atoms with van der Waals surface area (Å²) in [6.45, 7) is 3.21. The van der Waals surface area contributed by atoms with E-state index < -0.39 is 18.0 Å². The smallest absolute Gasteiger partial charge is 0.414 e. The van der Waals surface area contributed by atoms with Crippen molar-refractivity contribution in [3.8, 4) is 0 Å². The van der Waals surface area contributed by atoms with Crippen molar-refractivity contribution in [2.75, 3.05) is 49.2 Å². The molecule has 1 aromatic rings. The summed E-state index contributed by atoms with van der Waals surface area (Å²) in [6.07, 6.45) is -1.04. The van der Waals surface area contributed by atoms with Gasteiger partial charge in [-0.05, 0) is 18.2 Å². The van der Waals surface area contributed by atoms with Crippen LogP contribution in [0.2, 0.25) is 0 Å². The molecule has 2 saturated heterocycles. The molecule has 0 unspecified atom stereocenters. The van der Waals surface area contributed by atoms with Crippen LogP contribution in [0.4, 0.5) is 20.6 Å². The molecule has 1 atom stereocenters. The first-order chi connectivity index (χ1) is 12.5. The number of hydrogen-bond acceptors (Lipinski definition) is 6. The molecular weight excluding hydrogens is 345 g/mol. The van der Waals surface area contributed by atoms with E-state index >= 15 is 0 Å². The lowest BCUT2D eigenvalue weighted by atomic mass is 10.1. The molecule has 0 spiro atoms. The van der Waals surface area contributed by atoms with Gasteiger partial charge in [0.2, 0.25) is 5.91 Å². The largest absolute Gasteiger partial charge is 0.442 e. The lowest BCUT2D eigenvalue weighted by molar-refractivity contribution is -0.119. The number of anilines is 2. The monoisotopic (exact) mass is 367 g/mol. The first-order valence-corrected chi connectivity index (χ1v) is 8.47. The summed E-state index contributed by atoms with van der Waals surface area (Å²) in [5.41, 5.74) is 0.857. The third kappa shape index (κ3) is 4.05. The molecule has 26 heavy (non-hydrogen) atoms. The fourth-order valence-electron chi connectivity index (χ4n) is 2.98. The van der Waals surface area contributed by atoms with Crippen LogP contribution >= 0.6 is 0 Å². The summed E-state index contributed by atoms with van der Waals surface area (Å²) in [4.78, 5) is 26.1. The molecule has 2 heterocycles. The van der Waals surface area contributed by atoms with Crippen LogP contribution in [0.5, 0.6) is 0 Å². The molecule has 8 nitrogen and oxygen atoms in total. The predicted octanol–water partition coefficient (Wildman–Crippen LogP) is 0.484. The Morgan fingerprint density at radius 1 is 1.42 bits per heavy atom. The summed E-state index contributed by atoms with van der Waals surface area (Å²) < 4.78 is 25.0. The molecule has 2 aliphatic rings. The number of aliphatic hydroxyl groups is 1. The lowest BCUT2D eigenvalue weighted by Crippen LogP contribution is -2.53. The second kappa shape index (κ2) is 7.88. The molecule has 0 radical (unpaired) electrons. The third-order valence-electron chi connectivity index (χ3n) is 4.33. The van der Waals surface area contributed by atoms with E-state index in [0.29, 0.717) is 24.5 Å². The number of cyclic esters (lactones) is 1. The highest BCUT2D eigenvalue weighted by molar-refractivity contribution is 5.90. The standard InChI is InChI=1S/C17H22FN3O5/c1-11(23)19-7-13-10-21(17(24)26-13)12-2-3-16(15(18)6-12)20-8-14(9-20)25-5-4-22/h2-3,6,13-14,22H,4-5,7-10H2,1H3,(H,19,23)/t13-/m0/s1. The molecule has 2 fully saturated rings. The number of ether oxygens (including phenoxy) is 2. The van der Waals surface area contributed by atoms with Crippen molar-refractivity contribution in [2.45, 2.75) is 19.1 Å². The number of carbonyl (C=O) groups is 2. The minimum atomic E-state index is -0.561. The molecule has 142 valence electrons. The van der Waals surface area contributed by atoms with Crippen LogP contribution in [0.3, 0.4) is 0 Å². The van der Waals surface area contributed by atoms with E-state index in [1.54, 1.807) is 12.1 Å². The van der Waals surface area contributed by atoms with Gasteiger partial charge in [0.15, 0.2) is 0 Å². The minimum Gasteiger partial charge on any atom is -0.442 e. The molecule has 2 amide bonds. The summed E-state index contributed by atoms with van der Waals surface area (Å²) >= 11 is 0. The quantitative estimate of drug-likeness (QED) is 0.729. The van der Waals surface area contributed by atoms with Crippen molar-refractivity contribution in [1.29, 1.82) is 0 Å². The number of hydrogen-bond donors (Lipinski definition) is 2. The number of aliphatic hydroxyl groups excluding tert-OH is 1. The van der Waals surface area contributed by atoms with Crippen LogP contribution in [-0.2, 0) is 14.3 Å². The zero-order valence-corrected chi connectivity index (χ0v) is 14.5. The number of carbonyl (C=O) groups excluding carboxylic acids is 2. The van der Waals surface area contributed by atoms with E-state index in [1.807, 2.05) is 4.90 Å². The van der Waals surface area contributed by atoms with Gasteiger partial charge in [0, 0.05) is 20.0 Å². The minimum absolute atomic E-state index is 0.00989. The average Bonchev–Trinajstić information content (AvgIpc) is 2.93. The molecule has 9 heteroatoms. The summed E-state index contributed by atoms with van der Waals surface area (Å²) in [6, 6.07) is 4.60. The Balaban J connectivity index is 1.59. The zero-order chi connectivity index (χ0) is 18.7. The zero-order valence-electron chi connectivity index (χ0n) is 14.5. The number of amides is 2. The summed E-state index contributed by atoms with van der Waals surface area (Å²) in [7, 11) is 0. The maximum atomic E-state index is 14.5. The highest BCUT2D eigenvalue weighted by atomic mass is 19.1. The fraction of sp³-hybridized carbons (Fsp3) is 0.529. The normalized spacial score (nSPS) is 20.1. The van der Waals surface area contributed by atoms with Crippen molar-refractivity contribution in [3.05, 3.63) is 24.0 Å². The number of rotatable bonds is 7. The van der Waals surface area contributed by atoms with Crippen molar-refractivity contribution in [3.63, 3.8) is 0 Å². The Bertz CT molecular complexity index is 680. The van der Waals surface area contributed by atoms with Gasteiger partial charge < -0.3 is 24.8 Å². The second-order valence-electron chi connectivity index (χ2n) is 6.31. The van der Waals surface area contributed by atoms with Gasteiger partial charge in [0.1, 0.15) is 11.9 Å². The van der Waals surface area contributed by atoms with Crippen molar-refractivity contribution < 1.29 is 28.6 Å². The maximum Gasteiger partial charge on any atom is 0.414 e. The van der Waals surface area contributed by atoms with Crippen LogP contribution in [0, 0.1) is 5.82 Å². The number of halogens is 1. The molecule has 0 aromatic heterocycles. The van der Waals surface area contributed by atoms with Crippen LogP contribution in [0.25, 0.3) is 0 Å². The van der Waals surface area contributed by atoms with Crippen LogP contribution in [0.1, 0.15) is 6.92 Å². The Morgan fingerprint density at radius 2 is 2.19 bits per heavy atom. The van der Waals surface area contributed by atoms with E-state index in [1.165, 1.54) is 17.9 Å². The molecule has 0 bridgehead atoms. The first-order valence-electron chi connectivity index (χ1n) is 8.47. The average molecular weight is 367 g/mol. The third-order valence-corrected chi connectivity index (χ3v) is 4.33. The number of nitrogens with zero attached hydrogens (tertiary/aromatic N) is 2. The van der Waals surface area contributed by atoms with E-state index in [2.05, 4.69) is 5.32 Å².